The molecule has 0 radical (unpaired) electrons. The van der Waals surface area contributed by atoms with E-state index in [0.717, 1.165) is 22.0 Å². The summed E-state index contributed by atoms with van der Waals surface area (Å²) in [5.41, 5.74) is 0.755. The Bertz CT molecular complexity index is 430. The maximum atomic E-state index is 10.2. The Morgan fingerprint density at radius 1 is 1.53 bits per heavy atom. The molecule has 0 aliphatic heterocycles. The molecule has 0 unspecified atom stereocenters. The molecule has 1 aromatic carbocycles. The van der Waals surface area contributed by atoms with E-state index in [1.165, 1.54) is 6.08 Å². The van der Waals surface area contributed by atoms with Crippen LogP contribution in [0.3, 0.4) is 0 Å². The second-order valence-electron chi connectivity index (χ2n) is 4.00. The van der Waals surface area contributed by atoms with Gasteiger partial charge in [-0.05, 0) is 39.5 Å². The highest BCUT2D eigenvalue weighted by molar-refractivity contribution is 9.10. The first-order valence-corrected chi connectivity index (χ1v) is 6.02. The van der Waals surface area contributed by atoms with E-state index in [0.29, 0.717) is 12.5 Å². The summed E-state index contributed by atoms with van der Waals surface area (Å²) in [6.07, 6.45) is 2.35. The molecule has 4 nitrogen and oxygen atoms in total. The summed E-state index contributed by atoms with van der Waals surface area (Å²) in [7, 11) is 0. The number of nitrogens with zero attached hydrogens (tertiary/aromatic N) is 1. The number of ether oxygens (including phenoxy) is 1. The van der Waals surface area contributed by atoms with Crippen LogP contribution >= 0.6 is 15.9 Å². The minimum atomic E-state index is -0.489. The minimum absolute atomic E-state index is 0.455. The van der Waals surface area contributed by atoms with Gasteiger partial charge in [0, 0.05) is 6.08 Å². The fourth-order valence-corrected chi connectivity index (χ4v) is 1.65. The summed E-state index contributed by atoms with van der Waals surface area (Å²) < 4.78 is 6.37. The molecule has 5 heteroatoms. The third-order valence-electron chi connectivity index (χ3n) is 1.92. The summed E-state index contributed by atoms with van der Waals surface area (Å²) in [5, 5.41) is 10.2. The van der Waals surface area contributed by atoms with Gasteiger partial charge >= 0.3 is 0 Å². The topological polar surface area (TPSA) is 52.4 Å². The van der Waals surface area contributed by atoms with Crippen molar-refractivity contribution in [2.24, 2.45) is 5.92 Å². The van der Waals surface area contributed by atoms with E-state index < -0.39 is 4.92 Å². The quantitative estimate of drug-likeness (QED) is 0.615. The first kappa shape index (κ1) is 13.7. The van der Waals surface area contributed by atoms with Gasteiger partial charge in [-0.15, -0.1) is 0 Å². The molecule has 0 saturated heterocycles. The predicted octanol–water partition coefficient (Wildman–Crippen LogP) is 3.73. The van der Waals surface area contributed by atoms with Crippen LogP contribution in [-0.4, -0.2) is 11.5 Å². The normalized spacial score (nSPS) is 11.1. The molecule has 0 atom stereocenters. The zero-order valence-electron chi connectivity index (χ0n) is 9.72. The lowest BCUT2D eigenvalue weighted by Gasteiger charge is -2.10. The number of benzene rings is 1. The molecule has 1 rings (SSSR count). The Kier molecular flexibility index (Phi) is 5.15. The Labute approximate surface area is 109 Å². The van der Waals surface area contributed by atoms with Crippen LogP contribution in [-0.2, 0) is 0 Å². The summed E-state index contributed by atoms with van der Waals surface area (Å²) >= 11 is 3.38. The second kappa shape index (κ2) is 6.39. The molecular formula is C12H14BrNO3. The van der Waals surface area contributed by atoms with Crippen LogP contribution in [0.4, 0.5) is 0 Å². The van der Waals surface area contributed by atoms with Crippen molar-refractivity contribution in [3.05, 3.63) is 44.5 Å². The molecule has 92 valence electrons. The molecule has 0 N–H and O–H groups in total. The summed E-state index contributed by atoms with van der Waals surface area (Å²) in [6, 6.07) is 5.36. The van der Waals surface area contributed by atoms with Crippen molar-refractivity contribution in [2.45, 2.75) is 13.8 Å². The van der Waals surface area contributed by atoms with Gasteiger partial charge in [0.2, 0.25) is 6.20 Å². The lowest BCUT2D eigenvalue weighted by molar-refractivity contribution is -0.400. The highest BCUT2D eigenvalue weighted by Gasteiger charge is 2.03. The molecular weight excluding hydrogens is 286 g/mol. The number of nitro groups is 1. The van der Waals surface area contributed by atoms with Gasteiger partial charge in [-0.3, -0.25) is 10.1 Å². The van der Waals surface area contributed by atoms with Crippen molar-refractivity contribution in [3.63, 3.8) is 0 Å². The lowest BCUT2D eigenvalue weighted by Crippen LogP contribution is -2.04. The van der Waals surface area contributed by atoms with Gasteiger partial charge in [0.25, 0.3) is 0 Å². The fraction of sp³-hybridized carbons (Fsp3) is 0.333. The highest BCUT2D eigenvalue weighted by Crippen LogP contribution is 2.26. The number of rotatable bonds is 5. The Hall–Kier alpha value is -1.36. The molecule has 0 aliphatic rings. The van der Waals surface area contributed by atoms with Gasteiger partial charge in [0.15, 0.2) is 0 Å². The van der Waals surface area contributed by atoms with Gasteiger partial charge in [-0.2, -0.15) is 0 Å². The standard InChI is InChI=1S/C12H14BrNO3/c1-9(2)8-17-12-4-3-10(7-11(12)13)5-6-14(15)16/h3-7,9H,8H2,1-2H3. The van der Waals surface area contributed by atoms with Crippen LogP contribution in [0.25, 0.3) is 6.08 Å². The van der Waals surface area contributed by atoms with Crippen molar-refractivity contribution in [2.75, 3.05) is 6.61 Å². The largest absolute Gasteiger partial charge is 0.492 e. The van der Waals surface area contributed by atoms with E-state index in [2.05, 4.69) is 29.8 Å². The van der Waals surface area contributed by atoms with Crippen molar-refractivity contribution in [1.82, 2.24) is 0 Å². The van der Waals surface area contributed by atoms with Crippen LogP contribution in [0, 0.1) is 16.0 Å². The average Bonchev–Trinajstić information content (AvgIpc) is 2.24. The average molecular weight is 300 g/mol. The summed E-state index contributed by atoms with van der Waals surface area (Å²) in [4.78, 5) is 9.70. The Balaban J connectivity index is 2.75. The van der Waals surface area contributed by atoms with E-state index in [-0.39, 0.29) is 0 Å². The van der Waals surface area contributed by atoms with E-state index in [4.69, 9.17) is 4.74 Å². The first-order valence-electron chi connectivity index (χ1n) is 5.23. The Morgan fingerprint density at radius 3 is 2.76 bits per heavy atom. The second-order valence-corrected chi connectivity index (χ2v) is 4.85. The van der Waals surface area contributed by atoms with Gasteiger partial charge in [-0.1, -0.05) is 19.9 Å². The third-order valence-corrected chi connectivity index (χ3v) is 2.54. The lowest BCUT2D eigenvalue weighted by atomic mass is 10.2. The van der Waals surface area contributed by atoms with E-state index in [1.807, 2.05) is 0 Å². The maximum Gasteiger partial charge on any atom is 0.235 e. The minimum Gasteiger partial charge on any atom is -0.492 e. The molecule has 0 aliphatic carbocycles. The van der Waals surface area contributed by atoms with E-state index >= 15 is 0 Å². The van der Waals surface area contributed by atoms with Gasteiger partial charge in [0.05, 0.1) is 16.0 Å². The van der Waals surface area contributed by atoms with Crippen LogP contribution in [0.2, 0.25) is 0 Å². The molecule has 0 heterocycles. The molecule has 17 heavy (non-hydrogen) atoms. The van der Waals surface area contributed by atoms with Gasteiger partial charge < -0.3 is 4.74 Å². The van der Waals surface area contributed by atoms with E-state index in [1.54, 1.807) is 18.2 Å². The van der Waals surface area contributed by atoms with Crippen molar-refractivity contribution >= 4 is 22.0 Å². The van der Waals surface area contributed by atoms with Gasteiger partial charge in [-0.25, -0.2) is 0 Å². The van der Waals surface area contributed by atoms with Crippen LogP contribution < -0.4 is 4.74 Å². The number of hydrogen-bond acceptors (Lipinski definition) is 3. The SMILES string of the molecule is CC(C)COc1ccc(C=C[N+](=O)[O-])cc1Br. The predicted molar refractivity (Wildman–Crippen MR) is 70.5 cm³/mol. The molecule has 0 amide bonds. The fourth-order valence-electron chi connectivity index (χ4n) is 1.14. The van der Waals surface area contributed by atoms with Crippen LogP contribution in [0.15, 0.2) is 28.9 Å². The van der Waals surface area contributed by atoms with Gasteiger partial charge in [0.1, 0.15) is 5.75 Å². The number of hydrogen-bond donors (Lipinski definition) is 0. The summed E-state index contributed by atoms with van der Waals surface area (Å²) in [5.74, 6) is 1.20. The maximum absolute atomic E-state index is 10.2. The van der Waals surface area contributed by atoms with E-state index in [9.17, 15) is 10.1 Å². The first-order chi connectivity index (χ1) is 7.99. The van der Waals surface area contributed by atoms with Crippen LogP contribution in [0.1, 0.15) is 19.4 Å². The van der Waals surface area contributed by atoms with Crippen LogP contribution in [0.5, 0.6) is 5.75 Å². The molecule has 0 spiro atoms. The van der Waals surface area contributed by atoms with Crippen molar-refractivity contribution < 1.29 is 9.66 Å². The molecule has 0 saturated carbocycles. The zero-order valence-corrected chi connectivity index (χ0v) is 11.3. The monoisotopic (exact) mass is 299 g/mol. The highest BCUT2D eigenvalue weighted by atomic mass is 79.9. The van der Waals surface area contributed by atoms with Crippen molar-refractivity contribution in [3.8, 4) is 5.75 Å². The summed E-state index contributed by atoms with van der Waals surface area (Å²) in [6.45, 7) is 4.78. The smallest absolute Gasteiger partial charge is 0.235 e. The van der Waals surface area contributed by atoms with Crippen molar-refractivity contribution in [1.29, 1.82) is 0 Å². The zero-order chi connectivity index (χ0) is 12.8. The molecule has 0 bridgehead atoms. The number of halogens is 1. The Morgan fingerprint density at radius 2 is 2.24 bits per heavy atom. The molecule has 1 aromatic rings. The molecule has 0 fully saturated rings. The third kappa shape index (κ3) is 4.99. The molecule has 0 aromatic heterocycles.